The summed E-state index contributed by atoms with van der Waals surface area (Å²) in [5, 5.41) is 0. The fraction of sp³-hybridized carbons (Fsp3) is 0.857. The molecule has 1 amide bonds. The molecule has 0 aromatic carbocycles. The molecule has 1 aliphatic heterocycles. The van der Waals surface area contributed by atoms with Crippen molar-refractivity contribution >= 4 is 23.7 Å². The molecule has 0 aromatic rings. The van der Waals surface area contributed by atoms with E-state index in [9.17, 15) is 9.35 Å². The van der Waals surface area contributed by atoms with Gasteiger partial charge in [-0.05, 0) is 41.5 Å². The molecule has 0 aromatic heterocycles. The summed E-state index contributed by atoms with van der Waals surface area (Å²) < 4.78 is 26.3. The molecule has 0 radical (unpaired) electrons. The van der Waals surface area contributed by atoms with Crippen LogP contribution < -0.4 is 0 Å². The van der Waals surface area contributed by atoms with Crippen LogP contribution in [0.2, 0.25) is 0 Å². The summed E-state index contributed by atoms with van der Waals surface area (Å²) in [6, 6.07) is 0. The van der Waals surface area contributed by atoms with Crippen LogP contribution in [0.3, 0.4) is 0 Å². The van der Waals surface area contributed by atoms with Crippen molar-refractivity contribution in [3.63, 3.8) is 0 Å². The van der Waals surface area contributed by atoms with Crippen LogP contribution in [-0.4, -0.2) is 57.9 Å². The van der Waals surface area contributed by atoms with Crippen LogP contribution in [0.25, 0.3) is 0 Å². The Hall–Kier alpha value is -0.790. The van der Waals surface area contributed by atoms with Gasteiger partial charge in [-0.1, -0.05) is 4.40 Å². The quantitative estimate of drug-likeness (QED) is 0.577. The molecule has 0 unspecified atom stereocenters. The molecular formula is C14H26N2O4S. The Kier molecular flexibility index (Phi) is 6.07. The highest BCUT2D eigenvalue weighted by molar-refractivity contribution is 7.91. The number of amides is 1. The Labute approximate surface area is 130 Å². The summed E-state index contributed by atoms with van der Waals surface area (Å²) >= 11 is -1.32. The fourth-order valence-electron chi connectivity index (χ4n) is 1.54. The molecule has 1 saturated heterocycles. The average molecular weight is 318 g/mol. The first-order valence-electron chi connectivity index (χ1n) is 7.05. The maximum absolute atomic E-state index is 12.0. The van der Waals surface area contributed by atoms with Gasteiger partial charge in [0, 0.05) is 6.54 Å². The van der Waals surface area contributed by atoms with Crippen LogP contribution in [0.1, 0.15) is 41.5 Å². The largest absolute Gasteiger partial charge is 0.591 e. The second-order valence-corrected chi connectivity index (χ2v) is 8.89. The van der Waals surface area contributed by atoms with Crippen molar-refractivity contribution in [2.45, 2.75) is 58.0 Å². The molecule has 1 heterocycles. The lowest BCUT2D eigenvalue weighted by atomic mass is 10.2. The van der Waals surface area contributed by atoms with E-state index in [1.807, 2.05) is 41.5 Å². The standard InChI is InChI=1S/C14H26N2O4S/c1-13(2,3)20-12(17)16-7-8-19-11(10-16)9-15-21(18)14(4,5)6/h9,11H,7-8,10H2,1-6H3/b15-9+/t11-,21-/m1/s1. The average Bonchev–Trinajstić information content (AvgIpc) is 2.33. The van der Waals surface area contributed by atoms with Crippen LogP contribution in [-0.2, 0) is 20.8 Å². The lowest BCUT2D eigenvalue weighted by Crippen LogP contribution is -2.48. The lowest BCUT2D eigenvalue weighted by Gasteiger charge is -2.32. The van der Waals surface area contributed by atoms with E-state index in [1.54, 1.807) is 4.90 Å². The molecule has 122 valence electrons. The van der Waals surface area contributed by atoms with Gasteiger partial charge in [0.2, 0.25) is 0 Å². The van der Waals surface area contributed by atoms with Crippen LogP contribution in [0.15, 0.2) is 4.40 Å². The van der Waals surface area contributed by atoms with Gasteiger partial charge < -0.3 is 18.9 Å². The van der Waals surface area contributed by atoms with E-state index in [2.05, 4.69) is 4.40 Å². The minimum absolute atomic E-state index is 0.349. The van der Waals surface area contributed by atoms with Gasteiger partial charge >= 0.3 is 6.09 Å². The van der Waals surface area contributed by atoms with E-state index in [4.69, 9.17) is 9.47 Å². The van der Waals surface area contributed by atoms with E-state index < -0.39 is 21.7 Å². The van der Waals surface area contributed by atoms with Crippen molar-refractivity contribution in [1.82, 2.24) is 4.90 Å². The van der Waals surface area contributed by atoms with Crippen LogP contribution in [0.4, 0.5) is 4.79 Å². The molecule has 0 saturated carbocycles. The molecule has 0 spiro atoms. The summed E-state index contributed by atoms with van der Waals surface area (Å²) in [6.07, 6.45) is 0.816. The van der Waals surface area contributed by atoms with Gasteiger partial charge in [-0.3, -0.25) is 0 Å². The third-order valence-electron chi connectivity index (χ3n) is 2.59. The van der Waals surface area contributed by atoms with Gasteiger partial charge in [0.05, 0.1) is 19.4 Å². The van der Waals surface area contributed by atoms with Crippen molar-refractivity contribution in [2.75, 3.05) is 19.7 Å². The molecule has 21 heavy (non-hydrogen) atoms. The molecule has 0 N–H and O–H groups in total. The molecule has 1 fully saturated rings. The Balaban J connectivity index is 2.56. The molecule has 0 bridgehead atoms. The van der Waals surface area contributed by atoms with Gasteiger partial charge in [-0.15, -0.1) is 0 Å². The van der Waals surface area contributed by atoms with Crippen molar-refractivity contribution in [2.24, 2.45) is 4.40 Å². The minimum atomic E-state index is -1.32. The number of hydrogen-bond donors (Lipinski definition) is 0. The molecular weight excluding hydrogens is 292 g/mol. The lowest BCUT2D eigenvalue weighted by molar-refractivity contribution is -0.0197. The summed E-state index contributed by atoms with van der Waals surface area (Å²) in [5.74, 6) is 0. The number of carbonyl (C=O) groups is 1. The summed E-state index contributed by atoms with van der Waals surface area (Å²) in [4.78, 5) is 13.6. The number of hydrogen-bond acceptors (Lipinski definition) is 5. The third-order valence-corrected chi connectivity index (χ3v) is 3.95. The maximum atomic E-state index is 12.0. The molecule has 7 heteroatoms. The highest BCUT2D eigenvalue weighted by Crippen LogP contribution is 2.17. The van der Waals surface area contributed by atoms with Gasteiger partial charge in [0.1, 0.15) is 27.8 Å². The molecule has 6 nitrogen and oxygen atoms in total. The smallest absolute Gasteiger partial charge is 0.410 e. The van der Waals surface area contributed by atoms with Crippen molar-refractivity contribution in [3.8, 4) is 0 Å². The Bertz CT molecular complexity index is 387. The van der Waals surface area contributed by atoms with Crippen LogP contribution >= 0.6 is 0 Å². The van der Waals surface area contributed by atoms with Gasteiger partial charge in [0.25, 0.3) is 0 Å². The second kappa shape index (κ2) is 6.98. The molecule has 1 rings (SSSR count). The maximum Gasteiger partial charge on any atom is 0.410 e. The predicted octanol–water partition coefficient (Wildman–Crippen LogP) is 2.16. The number of ether oxygens (including phenoxy) is 2. The first kappa shape index (κ1) is 18.3. The summed E-state index contributed by atoms with van der Waals surface area (Å²) in [5.41, 5.74) is -0.521. The number of rotatable bonds is 2. The monoisotopic (exact) mass is 318 g/mol. The van der Waals surface area contributed by atoms with Gasteiger partial charge in [-0.25, -0.2) is 4.79 Å². The summed E-state index contributed by atoms with van der Waals surface area (Å²) in [6.45, 7) is 12.3. The van der Waals surface area contributed by atoms with Gasteiger partial charge in [-0.2, -0.15) is 0 Å². The Morgan fingerprint density at radius 1 is 1.38 bits per heavy atom. The topological polar surface area (TPSA) is 74.2 Å². The van der Waals surface area contributed by atoms with Crippen LogP contribution in [0, 0.1) is 0 Å². The summed E-state index contributed by atoms with van der Waals surface area (Å²) in [7, 11) is 0. The van der Waals surface area contributed by atoms with Crippen LogP contribution in [0.5, 0.6) is 0 Å². The molecule has 2 atom stereocenters. The highest BCUT2D eigenvalue weighted by Gasteiger charge is 2.29. The Morgan fingerprint density at radius 2 is 2.00 bits per heavy atom. The fourth-order valence-corrected chi connectivity index (χ4v) is 2.10. The van der Waals surface area contributed by atoms with E-state index in [0.717, 1.165) is 0 Å². The third kappa shape index (κ3) is 6.67. The molecule has 1 aliphatic rings. The van der Waals surface area contributed by atoms with Crippen molar-refractivity contribution in [1.29, 1.82) is 0 Å². The number of nitrogens with zero attached hydrogens (tertiary/aromatic N) is 2. The number of morpholine rings is 1. The zero-order valence-electron chi connectivity index (χ0n) is 13.7. The van der Waals surface area contributed by atoms with Crippen molar-refractivity contribution < 1.29 is 18.8 Å². The zero-order chi connectivity index (χ0) is 16.3. The SMILES string of the molecule is CC(C)(C)OC(=O)N1CCO[C@H](/C=N/[S@+]([O-])C(C)(C)C)C1. The first-order chi connectivity index (χ1) is 9.49. The first-order valence-corrected chi connectivity index (χ1v) is 8.15. The van der Waals surface area contributed by atoms with E-state index in [-0.39, 0.29) is 12.2 Å². The predicted molar refractivity (Wildman–Crippen MR) is 83.9 cm³/mol. The Morgan fingerprint density at radius 3 is 2.52 bits per heavy atom. The minimum Gasteiger partial charge on any atom is -0.591 e. The zero-order valence-corrected chi connectivity index (χ0v) is 14.5. The van der Waals surface area contributed by atoms with E-state index in [1.165, 1.54) is 6.21 Å². The normalized spacial score (nSPS) is 22.4. The van der Waals surface area contributed by atoms with Crippen molar-refractivity contribution in [3.05, 3.63) is 0 Å². The molecule has 0 aliphatic carbocycles. The van der Waals surface area contributed by atoms with E-state index in [0.29, 0.717) is 19.7 Å². The number of carbonyl (C=O) groups excluding carboxylic acids is 1. The highest BCUT2D eigenvalue weighted by atomic mass is 32.2. The van der Waals surface area contributed by atoms with E-state index >= 15 is 0 Å². The van der Waals surface area contributed by atoms with Gasteiger partial charge in [0.15, 0.2) is 0 Å². The second-order valence-electron chi connectivity index (χ2n) is 6.95.